The van der Waals surface area contributed by atoms with Gasteiger partial charge < -0.3 is 5.73 Å². The zero-order valence-corrected chi connectivity index (χ0v) is 21.5. The fourth-order valence-corrected chi connectivity index (χ4v) is 7.18. The van der Waals surface area contributed by atoms with Crippen LogP contribution in [0.5, 0.6) is 0 Å². The van der Waals surface area contributed by atoms with Crippen LogP contribution in [0.4, 0.5) is 14.6 Å². The molecule has 0 radical (unpaired) electrons. The number of hydrogen-bond acceptors (Lipinski definition) is 5. The monoisotopic (exact) mass is 516 g/mol. The average Bonchev–Trinajstić information content (AvgIpc) is 3.43. The maximum Gasteiger partial charge on any atom is 0.251 e. The molecule has 0 saturated heterocycles. The second kappa shape index (κ2) is 10.1. The first-order valence-electron chi connectivity index (χ1n) is 13.6. The Hall–Kier alpha value is -3.39. The third-order valence-corrected chi connectivity index (χ3v) is 9.24. The Morgan fingerprint density at radius 2 is 1.58 bits per heavy atom. The molecule has 198 valence electrons. The number of anilines is 1. The van der Waals surface area contributed by atoms with E-state index in [0.717, 1.165) is 49.7 Å². The van der Waals surface area contributed by atoms with Crippen molar-refractivity contribution in [2.45, 2.75) is 68.2 Å². The number of aromatic nitrogens is 4. The van der Waals surface area contributed by atoms with Crippen LogP contribution < -0.4 is 5.73 Å². The third-order valence-electron chi connectivity index (χ3n) is 9.24. The summed E-state index contributed by atoms with van der Waals surface area (Å²) in [5.74, 6) is 0.320. The van der Waals surface area contributed by atoms with Gasteiger partial charge in [0.15, 0.2) is 5.65 Å². The summed E-state index contributed by atoms with van der Waals surface area (Å²) in [6.07, 6.45) is 4.34. The molecule has 8 heteroatoms. The quantitative estimate of drug-likeness (QED) is 0.282. The maximum atomic E-state index is 14.0. The van der Waals surface area contributed by atoms with Crippen LogP contribution in [0.2, 0.25) is 0 Å². The van der Waals surface area contributed by atoms with Crippen molar-refractivity contribution in [1.82, 2.24) is 25.3 Å². The number of halogens is 2. The predicted octanol–water partition coefficient (Wildman–Crippen LogP) is 6.07. The highest BCUT2D eigenvalue weighted by Crippen LogP contribution is 2.56. The Labute approximate surface area is 221 Å². The van der Waals surface area contributed by atoms with E-state index in [1.165, 1.54) is 5.56 Å². The number of fused-ring (bicyclic) bond motifs is 4. The summed E-state index contributed by atoms with van der Waals surface area (Å²) in [7, 11) is 0. The Bertz CT molecular complexity index is 1350. The fraction of sp³-hybridized carbons (Fsp3) is 0.433. The van der Waals surface area contributed by atoms with Crippen molar-refractivity contribution in [1.29, 1.82) is 0 Å². The number of nitrogens with two attached hydrogens (primary N) is 1. The molecular formula is C30H34F2N6. The Balaban J connectivity index is 1.28. The van der Waals surface area contributed by atoms with Gasteiger partial charge in [0.25, 0.3) is 6.43 Å². The maximum absolute atomic E-state index is 14.0. The molecule has 2 heterocycles. The highest BCUT2D eigenvalue weighted by atomic mass is 19.3. The molecule has 0 amide bonds. The van der Waals surface area contributed by atoms with E-state index in [1.807, 2.05) is 24.3 Å². The van der Waals surface area contributed by atoms with Crippen molar-refractivity contribution < 1.29 is 8.78 Å². The molecule has 3 saturated carbocycles. The van der Waals surface area contributed by atoms with E-state index >= 15 is 0 Å². The van der Waals surface area contributed by atoms with Crippen molar-refractivity contribution in [2.24, 2.45) is 0 Å². The summed E-state index contributed by atoms with van der Waals surface area (Å²) in [5, 5.41) is 11.1. The molecule has 1 atom stereocenters. The number of pyridine rings is 1. The first-order valence-corrected chi connectivity index (χ1v) is 13.6. The number of nitrogens with one attached hydrogen (secondary N) is 1. The summed E-state index contributed by atoms with van der Waals surface area (Å²) in [5.41, 5.74) is 10.8. The fourth-order valence-electron chi connectivity index (χ4n) is 7.18. The van der Waals surface area contributed by atoms with Crippen LogP contribution in [0.15, 0.2) is 66.7 Å². The van der Waals surface area contributed by atoms with Gasteiger partial charge in [-0.25, -0.2) is 18.9 Å². The first kappa shape index (κ1) is 24.9. The van der Waals surface area contributed by atoms with E-state index in [4.69, 9.17) is 5.73 Å². The molecule has 7 rings (SSSR count). The molecule has 3 N–H and O–H groups in total. The van der Waals surface area contributed by atoms with Crippen LogP contribution in [0.3, 0.4) is 0 Å². The van der Waals surface area contributed by atoms with Gasteiger partial charge in [0.2, 0.25) is 0 Å². The van der Waals surface area contributed by atoms with Crippen LogP contribution in [0, 0.1) is 0 Å². The predicted molar refractivity (Wildman–Crippen MR) is 145 cm³/mol. The smallest absolute Gasteiger partial charge is 0.251 e. The van der Waals surface area contributed by atoms with Crippen LogP contribution in [0.1, 0.15) is 67.6 Å². The zero-order chi connectivity index (χ0) is 26.2. The van der Waals surface area contributed by atoms with Gasteiger partial charge in [-0.1, -0.05) is 65.9 Å². The van der Waals surface area contributed by atoms with Gasteiger partial charge in [-0.15, -0.1) is 5.10 Å². The second-order valence-electron chi connectivity index (χ2n) is 11.1. The highest BCUT2D eigenvalue weighted by molar-refractivity contribution is 5.77. The number of hydrogen-bond donors (Lipinski definition) is 2. The lowest BCUT2D eigenvalue weighted by molar-refractivity contribution is -0.0518. The van der Waals surface area contributed by atoms with E-state index in [1.54, 1.807) is 0 Å². The van der Waals surface area contributed by atoms with E-state index in [0.29, 0.717) is 29.9 Å². The summed E-state index contributed by atoms with van der Waals surface area (Å²) >= 11 is 0. The first-order chi connectivity index (χ1) is 18.5. The minimum Gasteiger partial charge on any atom is -0.384 e. The molecule has 3 aliphatic carbocycles. The minimum absolute atomic E-state index is 0.0683. The molecular weight excluding hydrogens is 482 g/mol. The van der Waals surface area contributed by atoms with Crippen LogP contribution >= 0.6 is 0 Å². The molecule has 2 aromatic heterocycles. The van der Waals surface area contributed by atoms with Crippen molar-refractivity contribution in [3.05, 3.63) is 83.4 Å². The number of benzene rings is 2. The SMILES string of the molecule is Nc1cc(C(CCN(CC(F)F)C23CCC(c4ccccc4)(CC2)CC3)c2ccccc2)c2nn[nH]c2n1. The van der Waals surface area contributed by atoms with Crippen molar-refractivity contribution in [2.75, 3.05) is 18.8 Å². The lowest BCUT2D eigenvalue weighted by atomic mass is 9.54. The standard InChI is InChI=1S/C30H34F2N6/c31-25(32)20-38(30-15-12-29(13-16-30,14-17-30)22-9-5-2-6-10-22)18-11-23(21-7-3-1-4-8-21)24-19-26(33)34-28-27(24)35-37-36-28/h1-10,19,23,25H,11-18,20H2,(H3,33,34,35,36,37). The van der Waals surface area contributed by atoms with E-state index in [9.17, 15) is 8.78 Å². The molecule has 3 aliphatic rings. The number of H-pyrrole nitrogens is 1. The van der Waals surface area contributed by atoms with Crippen LogP contribution in [0.25, 0.3) is 11.2 Å². The summed E-state index contributed by atoms with van der Waals surface area (Å²) in [4.78, 5) is 6.45. The molecule has 6 nitrogen and oxygen atoms in total. The van der Waals surface area contributed by atoms with Crippen LogP contribution in [-0.2, 0) is 5.41 Å². The highest BCUT2D eigenvalue weighted by Gasteiger charge is 2.52. The van der Waals surface area contributed by atoms with Crippen molar-refractivity contribution in [3.63, 3.8) is 0 Å². The van der Waals surface area contributed by atoms with Gasteiger partial charge in [-0.05, 0) is 79.7 Å². The number of nitrogens with zero attached hydrogens (tertiary/aromatic N) is 4. The largest absolute Gasteiger partial charge is 0.384 e. The Kier molecular flexibility index (Phi) is 6.60. The summed E-state index contributed by atoms with van der Waals surface area (Å²) in [6.45, 7) is 0.377. The van der Waals surface area contributed by atoms with E-state index < -0.39 is 6.43 Å². The summed E-state index contributed by atoms with van der Waals surface area (Å²) < 4.78 is 28.0. The second-order valence-corrected chi connectivity index (χ2v) is 11.1. The van der Waals surface area contributed by atoms with Gasteiger partial charge in [-0.2, -0.15) is 0 Å². The molecule has 38 heavy (non-hydrogen) atoms. The molecule has 0 aliphatic heterocycles. The van der Waals surface area contributed by atoms with Crippen molar-refractivity contribution in [3.8, 4) is 0 Å². The van der Waals surface area contributed by atoms with Crippen LogP contribution in [-0.4, -0.2) is 50.3 Å². The molecule has 3 fully saturated rings. The van der Waals surface area contributed by atoms with Crippen molar-refractivity contribution >= 4 is 17.0 Å². The average molecular weight is 517 g/mol. The molecule has 0 spiro atoms. The Morgan fingerprint density at radius 3 is 2.24 bits per heavy atom. The molecule has 4 aromatic rings. The number of nitrogen functional groups attached to an aromatic ring is 1. The number of aromatic amines is 1. The van der Waals surface area contributed by atoms with Gasteiger partial charge in [0, 0.05) is 11.5 Å². The molecule has 2 bridgehead atoms. The topological polar surface area (TPSA) is 83.7 Å². The van der Waals surface area contributed by atoms with Gasteiger partial charge in [0.1, 0.15) is 11.3 Å². The molecule has 2 aromatic carbocycles. The van der Waals surface area contributed by atoms with Gasteiger partial charge >= 0.3 is 0 Å². The summed E-state index contributed by atoms with van der Waals surface area (Å²) in [6, 6.07) is 22.8. The van der Waals surface area contributed by atoms with E-state index in [2.05, 4.69) is 67.8 Å². The van der Waals surface area contributed by atoms with E-state index in [-0.39, 0.29) is 23.4 Å². The number of rotatable bonds is 9. The molecule has 1 unspecified atom stereocenters. The number of alkyl halides is 2. The minimum atomic E-state index is -2.37. The van der Waals surface area contributed by atoms with Gasteiger partial charge in [-0.3, -0.25) is 4.90 Å². The lowest BCUT2D eigenvalue weighted by Crippen LogP contribution is -2.59. The lowest BCUT2D eigenvalue weighted by Gasteiger charge is -2.58. The Morgan fingerprint density at radius 1 is 0.921 bits per heavy atom. The normalized spacial score (nSPS) is 23.9. The third kappa shape index (κ3) is 4.55. The van der Waals surface area contributed by atoms with Gasteiger partial charge in [0.05, 0.1) is 6.54 Å². The zero-order valence-electron chi connectivity index (χ0n) is 21.5.